The third-order valence-corrected chi connectivity index (χ3v) is 22.6. The maximum atomic E-state index is 13.9. The Balaban J connectivity index is 5.53. The highest BCUT2D eigenvalue weighted by Gasteiger charge is 2.36. The summed E-state index contributed by atoms with van der Waals surface area (Å²) in [5.74, 6) is -4.64. The smallest absolute Gasteiger partial charge is 0.338 e. The molecule has 3 amide bonds. The van der Waals surface area contributed by atoms with E-state index < -0.39 is 69.2 Å². The second kappa shape index (κ2) is 70.2. The van der Waals surface area contributed by atoms with Gasteiger partial charge in [0.15, 0.2) is 27.7 Å². The van der Waals surface area contributed by atoms with Gasteiger partial charge in [0.2, 0.25) is 17.7 Å². The van der Waals surface area contributed by atoms with Crippen LogP contribution in [-0.2, 0) is 57.4 Å². The van der Waals surface area contributed by atoms with Crippen molar-refractivity contribution in [1.29, 1.82) is 26.3 Å². The lowest BCUT2D eigenvalue weighted by atomic mass is 9.97. The average molecular weight is 1740 g/mol. The number of nitriles is 5. The molecular weight excluding hydrogens is 1580 g/mol. The molecule has 0 aliphatic heterocycles. The second-order valence-electron chi connectivity index (χ2n) is 35.1. The highest BCUT2D eigenvalue weighted by Crippen LogP contribution is 2.30. The Hall–Kier alpha value is -9.03. The van der Waals surface area contributed by atoms with Crippen molar-refractivity contribution in [2.75, 3.05) is 26.2 Å². The molecule has 0 radical (unpaired) electrons. The minimum Gasteiger partial charge on any atom is -0.481 e. The Bertz CT molecular complexity index is 3280. The van der Waals surface area contributed by atoms with Crippen LogP contribution < -0.4 is 10.6 Å². The van der Waals surface area contributed by atoms with Crippen LogP contribution >= 0.6 is 0 Å². The van der Waals surface area contributed by atoms with Gasteiger partial charge in [-0.2, -0.15) is 51.9 Å². The molecule has 124 heavy (non-hydrogen) atoms. The molecule has 0 aliphatic rings. The molecule has 0 heterocycles. The number of carboxylic acid groups (broad SMARTS) is 3. The highest BCUT2D eigenvalue weighted by atomic mass is 16.6. The molecule has 0 saturated heterocycles. The molecule has 0 rings (SSSR count). The molecule has 0 aromatic carbocycles. The zero-order valence-corrected chi connectivity index (χ0v) is 77.4. The number of nitrogens with one attached hydrogen (secondary N) is 2. The van der Waals surface area contributed by atoms with Gasteiger partial charge in [-0.1, -0.05) is 194 Å². The fourth-order valence-electron chi connectivity index (χ4n) is 13.9. The minimum absolute atomic E-state index is 0.0229. The molecule has 0 saturated carbocycles. The van der Waals surface area contributed by atoms with E-state index in [1.54, 1.807) is 4.90 Å². The molecule has 30 heteroatoms. The van der Waals surface area contributed by atoms with Crippen molar-refractivity contribution in [2.24, 2.45) is 30.7 Å². The number of nitrogens with zero attached hydrogens (tertiary/aromatic N) is 13. The van der Waals surface area contributed by atoms with Crippen LogP contribution in [0.3, 0.4) is 0 Å². The summed E-state index contributed by atoms with van der Waals surface area (Å²) in [7, 11) is 0. The Labute approximate surface area is 743 Å². The van der Waals surface area contributed by atoms with Crippen molar-refractivity contribution >= 4 is 53.5 Å². The fourth-order valence-corrected chi connectivity index (χ4v) is 13.9. The van der Waals surface area contributed by atoms with Crippen molar-refractivity contribution in [3.05, 3.63) is 11.4 Å². The van der Waals surface area contributed by atoms with Gasteiger partial charge in [0, 0.05) is 84.5 Å². The quantitative estimate of drug-likeness (QED) is 0.0124. The van der Waals surface area contributed by atoms with Gasteiger partial charge in [-0.25, -0.2) is 6.57 Å². The lowest BCUT2D eigenvalue weighted by molar-refractivity contribution is -0.151. The Morgan fingerprint density at radius 1 is 0.331 bits per heavy atom. The third kappa shape index (κ3) is 62.1. The predicted molar refractivity (Wildman–Crippen MR) is 475 cm³/mol. The van der Waals surface area contributed by atoms with Gasteiger partial charge in [0.05, 0.1) is 43.2 Å². The summed E-state index contributed by atoms with van der Waals surface area (Å²) in [6.45, 7) is 24.3. The second-order valence-corrected chi connectivity index (χ2v) is 35.1. The molecule has 30 nitrogen and oxygen atoms in total. The van der Waals surface area contributed by atoms with Gasteiger partial charge in [0.25, 0.3) is 0 Å². The van der Waals surface area contributed by atoms with Crippen LogP contribution in [-0.4, -0.2) is 152 Å². The Kier molecular flexibility index (Phi) is 65.1. The summed E-state index contributed by atoms with van der Waals surface area (Å²) in [5, 5.41) is 107. The zero-order chi connectivity index (χ0) is 92.7. The molecule has 0 aliphatic carbocycles. The molecule has 9 unspecified atom stereocenters. The number of unbranched alkanes of at least 4 members (excludes halogenated alkanes) is 30. The van der Waals surface area contributed by atoms with Gasteiger partial charge in [-0.05, 0) is 163 Å². The van der Waals surface area contributed by atoms with E-state index in [4.69, 9.17) is 36.1 Å². The summed E-state index contributed by atoms with van der Waals surface area (Å²) in [4.78, 5) is 118. The summed E-state index contributed by atoms with van der Waals surface area (Å²) in [5.41, 5.74) is -8.46. The third-order valence-electron chi connectivity index (χ3n) is 22.6. The average Bonchev–Trinajstić information content (AvgIpc) is 0.870. The summed E-state index contributed by atoms with van der Waals surface area (Å²) < 4.78 is 17.9. The van der Waals surface area contributed by atoms with Crippen LogP contribution in [0.5, 0.6) is 0 Å². The van der Waals surface area contributed by atoms with E-state index in [-0.39, 0.29) is 113 Å². The Morgan fingerprint density at radius 3 is 0.806 bits per heavy atom. The molecule has 9 atom stereocenters. The van der Waals surface area contributed by atoms with Gasteiger partial charge in [0.1, 0.15) is 18.3 Å². The first-order valence-corrected chi connectivity index (χ1v) is 47.0. The largest absolute Gasteiger partial charge is 0.481 e. The molecule has 0 aromatic heterocycles. The van der Waals surface area contributed by atoms with E-state index in [0.717, 1.165) is 263 Å². The van der Waals surface area contributed by atoms with Crippen LogP contribution in [0.2, 0.25) is 0 Å². The molecule has 0 bridgehead atoms. The number of ether oxygens (including phenoxy) is 3. The van der Waals surface area contributed by atoms with Gasteiger partial charge < -0.3 is 45.1 Å². The topological polar surface area (TPSA) is 467 Å². The monoisotopic (exact) mass is 1740 g/mol. The van der Waals surface area contributed by atoms with Gasteiger partial charge in [-0.3, -0.25) is 48.0 Å². The van der Waals surface area contributed by atoms with Crippen molar-refractivity contribution in [3.8, 4) is 30.3 Å². The minimum atomic E-state index is -1.42. The van der Waals surface area contributed by atoms with Crippen molar-refractivity contribution in [3.63, 3.8) is 0 Å². The number of esters is 3. The highest BCUT2D eigenvalue weighted by molar-refractivity contribution is 5.78. The lowest BCUT2D eigenvalue weighted by Crippen LogP contribution is -2.42. The number of rotatable bonds is 81. The number of azo groups is 3. The van der Waals surface area contributed by atoms with Crippen molar-refractivity contribution in [1.82, 2.24) is 15.5 Å². The lowest BCUT2D eigenvalue weighted by Gasteiger charge is -2.23. The molecule has 0 fully saturated rings. The summed E-state index contributed by atoms with van der Waals surface area (Å²) in [6.07, 6.45) is 39.0. The maximum Gasteiger partial charge on any atom is 0.338 e. The van der Waals surface area contributed by atoms with E-state index in [1.165, 1.54) is 41.5 Å². The van der Waals surface area contributed by atoms with Crippen LogP contribution in [0, 0.1) is 63.2 Å². The number of carboxylic acids is 3. The van der Waals surface area contributed by atoms with Gasteiger partial charge >= 0.3 is 41.5 Å². The number of aliphatic carboxylic acids is 3. The number of amides is 3. The first-order valence-electron chi connectivity index (χ1n) is 47.0. The number of hydrogen-bond acceptors (Lipinski definition) is 23. The number of carbonyl (C=O) groups is 9. The van der Waals surface area contributed by atoms with E-state index in [1.807, 2.05) is 18.2 Å². The van der Waals surface area contributed by atoms with E-state index in [2.05, 4.69) is 79.1 Å². The van der Waals surface area contributed by atoms with Crippen molar-refractivity contribution in [2.45, 2.75) is 480 Å². The number of hydrogen-bond donors (Lipinski definition) is 5. The van der Waals surface area contributed by atoms with Crippen LogP contribution in [0.4, 0.5) is 0 Å². The summed E-state index contributed by atoms with van der Waals surface area (Å²) >= 11 is 0. The fraction of sp³-hybridized carbons (Fsp3) is 0.840. The first kappa shape index (κ1) is 115. The van der Waals surface area contributed by atoms with Crippen LogP contribution in [0.1, 0.15) is 428 Å². The summed E-state index contributed by atoms with van der Waals surface area (Å²) in [6, 6.07) is 10.1. The number of carbonyl (C=O) groups excluding carboxylic acids is 6. The molecule has 0 spiro atoms. The van der Waals surface area contributed by atoms with Crippen molar-refractivity contribution < 1.29 is 72.7 Å². The van der Waals surface area contributed by atoms with Gasteiger partial charge in [-0.15, -0.1) is 5.11 Å². The maximum absolute atomic E-state index is 13.9. The molecular formula is C94H157N15O15. The zero-order valence-electron chi connectivity index (χ0n) is 77.4. The molecule has 5 N–H and O–H groups in total. The van der Waals surface area contributed by atoms with E-state index in [0.29, 0.717) is 51.9 Å². The van der Waals surface area contributed by atoms with E-state index >= 15 is 0 Å². The van der Waals surface area contributed by atoms with Crippen LogP contribution in [0.15, 0.2) is 30.7 Å². The molecule has 698 valence electrons. The predicted octanol–water partition coefficient (Wildman–Crippen LogP) is 21.7. The van der Waals surface area contributed by atoms with E-state index in [9.17, 15) is 69.5 Å². The Morgan fingerprint density at radius 2 is 0.556 bits per heavy atom. The first-order chi connectivity index (χ1) is 59.2. The van der Waals surface area contributed by atoms with Crippen LogP contribution in [0.25, 0.3) is 4.85 Å². The SMILES string of the molecule is [C-]#[N+]C(C)(CCC(=O)OC(CCCCCC)CCCCCCCCCCC(=O)NCCN(CCNC(=O)CCCCCCCCCCC(CCCCCC)OC(=O)CCC(C)(C#N)N=NC(C)(C#N)CCC(=O)O)C(=O)CCCCCCCCCCC(CCCCCC)OC(=O)CCC(C)(C#N)N=NC(C)(C#N)CCC(=O)O)N=NC(C)(C#N)CCC(=O)O. The standard InChI is InChI=1S/C94H157N15O15/c1-11-14-17-38-47-77(122-86(119)59-65-92(7,75-98)105-103-89(4,72-95)62-56-83(113)114)50-41-32-26-20-23-29-35-44-53-80(110)101-68-70-109(82(112)55-46-37-31-25-22-28-34-42-51-78(48-39-18-15-12-2)123-87(120)60-66-93(8,76-99)106-104-90(5,73-96)63-57-84(115)116)71-69-102-81(111)54-45-36-30-24-21-27-33-43-52-79(49-40-19-16-13-3)124-88(121)61-67-94(9,100-10)108-107-91(6,74-97)64-58-85(117)118/h77-79H,11-71H2,1-9H3,(H,101,110)(H,102,111)(H,113,114)(H,115,116)(H,117,118). The normalized spacial score (nSPS) is 15.1. The molecule has 0 aromatic rings.